The van der Waals surface area contributed by atoms with Crippen molar-refractivity contribution in [3.8, 4) is 11.5 Å². The Morgan fingerprint density at radius 3 is 2.45 bits per heavy atom. The Balaban J connectivity index is 1.39. The van der Waals surface area contributed by atoms with E-state index in [1.165, 1.54) is 16.4 Å². The number of piperidine rings is 1. The predicted octanol–water partition coefficient (Wildman–Crippen LogP) is 1.91. The Bertz CT molecular complexity index is 890. The van der Waals surface area contributed by atoms with Crippen molar-refractivity contribution in [2.75, 3.05) is 26.3 Å². The largest absolute Gasteiger partial charge is 0.490 e. The summed E-state index contributed by atoms with van der Waals surface area (Å²) >= 11 is 0. The summed E-state index contributed by atoms with van der Waals surface area (Å²) in [6, 6.07) is 4.65. The highest BCUT2D eigenvalue weighted by atomic mass is 32.2. The monoisotopic (exact) mass is 423 g/mol. The van der Waals surface area contributed by atoms with Gasteiger partial charge in [-0.05, 0) is 37.8 Å². The molecule has 2 heterocycles. The van der Waals surface area contributed by atoms with E-state index in [1.807, 2.05) is 0 Å². The zero-order valence-corrected chi connectivity index (χ0v) is 17.0. The van der Waals surface area contributed by atoms with E-state index in [-0.39, 0.29) is 29.7 Å². The van der Waals surface area contributed by atoms with E-state index in [4.69, 9.17) is 14.2 Å². The molecule has 3 aliphatic rings. The van der Waals surface area contributed by atoms with Gasteiger partial charge in [-0.15, -0.1) is 0 Å². The van der Waals surface area contributed by atoms with E-state index in [0.29, 0.717) is 50.4 Å². The minimum atomic E-state index is -3.70. The first-order valence-electron chi connectivity index (χ1n) is 10.1. The number of rotatable bonds is 4. The lowest BCUT2D eigenvalue weighted by Crippen LogP contribution is -2.41. The van der Waals surface area contributed by atoms with Gasteiger partial charge in [-0.3, -0.25) is 9.59 Å². The molecule has 1 aromatic carbocycles. The third-order valence-electron chi connectivity index (χ3n) is 5.65. The molecule has 1 aromatic rings. The van der Waals surface area contributed by atoms with Crippen LogP contribution < -0.4 is 9.47 Å². The molecule has 4 rings (SSSR count). The topological polar surface area (TPSA) is 99.2 Å². The molecule has 0 spiro atoms. The van der Waals surface area contributed by atoms with Crippen LogP contribution in [-0.2, 0) is 24.3 Å². The Kier molecular flexibility index (Phi) is 5.78. The second kappa shape index (κ2) is 8.31. The lowest BCUT2D eigenvalue weighted by atomic mass is 9.98. The summed E-state index contributed by atoms with van der Waals surface area (Å²) in [5.41, 5.74) is 0. The second-order valence-corrected chi connectivity index (χ2v) is 9.56. The molecule has 8 nitrogen and oxygen atoms in total. The average molecular weight is 423 g/mol. The predicted molar refractivity (Wildman–Crippen MR) is 102 cm³/mol. The normalized spacial score (nSPS) is 23.6. The molecule has 0 unspecified atom stereocenters. The Morgan fingerprint density at radius 1 is 1.03 bits per heavy atom. The minimum absolute atomic E-state index is 0.0206. The lowest BCUT2D eigenvalue weighted by Gasteiger charge is -2.30. The SMILES string of the molecule is O=C(O[C@H]1CCCC1=O)C1CCN(S(=O)(=O)c2ccc3c(c2)OCCCO3)CC1. The molecule has 0 amide bonds. The summed E-state index contributed by atoms with van der Waals surface area (Å²) in [6.45, 7) is 1.48. The maximum absolute atomic E-state index is 13.0. The maximum atomic E-state index is 13.0. The van der Waals surface area contributed by atoms with Crippen LogP contribution in [0.15, 0.2) is 23.1 Å². The molecular formula is C20H25NO7S. The average Bonchev–Trinajstić information content (AvgIpc) is 2.98. The van der Waals surface area contributed by atoms with Crippen LogP contribution in [0.3, 0.4) is 0 Å². The lowest BCUT2D eigenvalue weighted by molar-refractivity contribution is -0.158. The molecule has 29 heavy (non-hydrogen) atoms. The standard InChI is InChI=1S/C20H25NO7S/c22-16-3-1-4-17(16)28-20(23)14-7-9-21(10-8-14)29(24,25)15-5-6-18-19(13-15)27-12-2-11-26-18/h5-6,13-14,17H,1-4,7-12H2/t17-/m0/s1. The van der Waals surface area contributed by atoms with Crippen LogP contribution in [0.1, 0.15) is 38.5 Å². The highest BCUT2D eigenvalue weighted by molar-refractivity contribution is 7.89. The minimum Gasteiger partial charge on any atom is -0.490 e. The smallest absolute Gasteiger partial charge is 0.309 e. The molecule has 0 radical (unpaired) electrons. The van der Waals surface area contributed by atoms with Gasteiger partial charge in [0.2, 0.25) is 10.0 Å². The molecule has 0 N–H and O–H groups in total. The van der Waals surface area contributed by atoms with Crippen molar-refractivity contribution < 1.29 is 32.2 Å². The summed E-state index contributed by atoms with van der Waals surface area (Å²) < 4.78 is 43.9. The molecular weight excluding hydrogens is 398 g/mol. The molecule has 158 valence electrons. The van der Waals surface area contributed by atoms with Gasteiger partial charge in [0.25, 0.3) is 0 Å². The van der Waals surface area contributed by atoms with E-state index >= 15 is 0 Å². The Labute approximate surface area is 170 Å². The van der Waals surface area contributed by atoms with E-state index in [1.54, 1.807) is 6.07 Å². The van der Waals surface area contributed by atoms with E-state index < -0.39 is 22.1 Å². The molecule has 1 atom stereocenters. The third-order valence-corrected chi connectivity index (χ3v) is 7.55. The van der Waals surface area contributed by atoms with Gasteiger partial charge >= 0.3 is 5.97 Å². The van der Waals surface area contributed by atoms with Crippen LogP contribution in [0.5, 0.6) is 11.5 Å². The van der Waals surface area contributed by atoms with Crippen LogP contribution in [0.25, 0.3) is 0 Å². The van der Waals surface area contributed by atoms with Gasteiger partial charge in [0.05, 0.1) is 24.0 Å². The molecule has 1 saturated heterocycles. The summed E-state index contributed by atoms with van der Waals surface area (Å²) in [7, 11) is -3.70. The van der Waals surface area contributed by atoms with Crippen molar-refractivity contribution in [3.05, 3.63) is 18.2 Å². The first-order valence-corrected chi connectivity index (χ1v) is 11.5. The number of hydrogen-bond donors (Lipinski definition) is 0. The van der Waals surface area contributed by atoms with Gasteiger partial charge < -0.3 is 14.2 Å². The van der Waals surface area contributed by atoms with Crippen LogP contribution in [0.4, 0.5) is 0 Å². The highest BCUT2D eigenvalue weighted by Crippen LogP contribution is 2.34. The van der Waals surface area contributed by atoms with Crippen molar-refractivity contribution in [2.24, 2.45) is 5.92 Å². The molecule has 2 aliphatic heterocycles. The number of ether oxygens (including phenoxy) is 3. The van der Waals surface area contributed by atoms with Crippen LogP contribution >= 0.6 is 0 Å². The summed E-state index contributed by atoms with van der Waals surface area (Å²) in [6.07, 6.45) is 2.68. The van der Waals surface area contributed by atoms with Gasteiger partial charge in [-0.1, -0.05) is 0 Å². The molecule has 0 aromatic heterocycles. The molecule has 2 fully saturated rings. The molecule has 1 saturated carbocycles. The number of fused-ring (bicyclic) bond motifs is 1. The van der Waals surface area contributed by atoms with Gasteiger partial charge in [-0.2, -0.15) is 4.31 Å². The third kappa shape index (κ3) is 4.25. The number of hydrogen-bond acceptors (Lipinski definition) is 7. The van der Waals surface area contributed by atoms with Crippen molar-refractivity contribution >= 4 is 21.8 Å². The van der Waals surface area contributed by atoms with Gasteiger partial charge in [0, 0.05) is 32.0 Å². The Hall–Kier alpha value is -2.13. The second-order valence-electron chi connectivity index (χ2n) is 7.62. The van der Waals surface area contributed by atoms with Crippen molar-refractivity contribution in [1.82, 2.24) is 4.31 Å². The van der Waals surface area contributed by atoms with Crippen molar-refractivity contribution in [2.45, 2.75) is 49.5 Å². The first-order chi connectivity index (χ1) is 13.9. The first kappa shape index (κ1) is 20.2. The molecule has 0 bridgehead atoms. The number of carbonyl (C=O) groups excluding carboxylic acids is 2. The number of sulfonamides is 1. The quantitative estimate of drug-likeness (QED) is 0.682. The van der Waals surface area contributed by atoms with Crippen molar-refractivity contribution in [3.63, 3.8) is 0 Å². The van der Waals surface area contributed by atoms with Crippen LogP contribution in [0, 0.1) is 5.92 Å². The zero-order chi connectivity index (χ0) is 20.4. The highest BCUT2D eigenvalue weighted by Gasteiger charge is 2.36. The fourth-order valence-corrected chi connectivity index (χ4v) is 5.42. The number of benzene rings is 1. The zero-order valence-electron chi connectivity index (χ0n) is 16.2. The number of esters is 1. The van der Waals surface area contributed by atoms with E-state index in [9.17, 15) is 18.0 Å². The number of ketones is 1. The molecule has 1 aliphatic carbocycles. The van der Waals surface area contributed by atoms with Crippen LogP contribution in [0.2, 0.25) is 0 Å². The maximum Gasteiger partial charge on any atom is 0.309 e. The Morgan fingerprint density at radius 2 is 1.76 bits per heavy atom. The molecule has 9 heteroatoms. The van der Waals surface area contributed by atoms with Gasteiger partial charge in [0.1, 0.15) is 0 Å². The van der Waals surface area contributed by atoms with Crippen LogP contribution in [-0.4, -0.2) is 56.9 Å². The van der Waals surface area contributed by atoms with Gasteiger partial charge in [-0.25, -0.2) is 8.42 Å². The fraction of sp³-hybridized carbons (Fsp3) is 0.600. The summed E-state index contributed by atoms with van der Waals surface area (Å²) in [4.78, 5) is 24.2. The number of Topliss-reactive ketones (excluding diaryl/α,β-unsaturated/α-hetero) is 1. The van der Waals surface area contributed by atoms with Gasteiger partial charge in [0.15, 0.2) is 23.4 Å². The van der Waals surface area contributed by atoms with Crippen molar-refractivity contribution in [1.29, 1.82) is 0 Å². The summed E-state index contributed by atoms with van der Waals surface area (Å²) in [5.74, 6) is 0.192. The fourth-order valence-electron chi connectivity index (χ4n) is 3.93. The van der Waals surface area contributed by atoms with E-state index in [0.717, 1.165) is 12.8 Å². The number of nitrogens with zero attached hydrogens (tertiary/aromatic N) is 1. The summed E-state index contributed by atoms with van der Waals surface area (Å²) in [5, 5.41) is 0. The number of carbonyl (C=O) groups is 2. The van der Waals surface area contributed by atoms with E-state index in [2.05, 4.69) is 0 Å².